The average Bonchev–Trinajstić information content (AvgIpc) is 3.16. The number of methoxy groups -OCH3 is 1. The summed E-state index contributed by atoms with van der Waals surface area (Å²) in [5.41, 5.74) is 2.31. The zero-order valence-electron chi connectivity index (χ0n) is 22.0. The van der Waals surface area contributed by atoms with E-state index in [1.54, 1.807) is 32.4 Å². The van der Waals surface area contributed by atoms with Gasteiger partial charge in [0, 0.05) is 0 Å². The van der Waals surface area contributed by atoms with E-state index in [0.717, 1.165) is 16.9 Å². The summed E-state index contributed by atoms with van der Waals surface area (Å²) in [4.78, 5) is 32.1. The average molecular weight is 521 g/mol. The molecule has 37 heavy (non-hydrogen) atoms. The van der Waals surface area contributed by atoms with E-state index in [0.29, 0.717) is 38.9 Å². The standard InChI is InChI=1S/C29H32N2O5S/c1-17(2)16-35-23-11-7-20(8-12-23)15-24-27(32)31-26(21-9-13-22(34-6)14-10-21)25(28(33)36-18(3)4)19(5)30-29(31)37-24/h7-15,17-18,26H,16H2,1-6H3/b24-15+/t26-/m1/s1. The van der Waals surface area contributed by atoms with Crippen molar-refractivity contribution in [1.82, 2.24) is 4.57 Å². The minimum atomic E-state index is -0.664. The maximum absolute atomic E-state index is 13.7. The SMILES string of the molecule is COc1ccc([C@@H]2C(C(=O)OC(C)C)=C(C)N=c3s/c(=C/c4ccc(OCC(C)C)cc4)c(=O)n32)cc1. The first-order valence-electron chi connectivity index (χ1n) is 12.3. The van der Waals surface area contributed by atoms with Gasteiger partial charge >= 0.3 is 5.97 Å². The largest absolute Gasteiger partial charge is 0.497 e. The van der Waals surface area contributed by atoms with E-state index in [2.05, 4.69) is 18.8 Å². The number of fused-ring (bicyclic) bond motifs is 1. The summed E-state index contributed by atoms with van der Waals surface area (Å²) >= 11 is 1.30. The van der Waals surface area contributed by atoms with Crippen molar-refractivity contribution in [2.45, 2.75) is 46.8 Å². The molecule has 0 saturated carbocycles. The smallest absolute Gasteiger partial charge is 0.338 e. The van der Waals surface area contributed by atoms with Gasteiger partial charge in [-0.1, -0.05) is 49.4 Å². The molecule has 1 aliphatic heterocycles. The Labute approximate surface area is 220 Å². The normalized spacial score (nSPS) is 15.6. The van der Waals surface area contributed by atoms with E-state index in [1.807, 2.05) is 54.6 Å². The molecule has 0 bridgehead atoms. The molecule has 194 valence electrons. The second-order valence-corrected chi connectivity index (χ2v) is 10.6. The van der Waals surface area contributed by atoms with Crippen LogP contribution in [0.2, 0.25) is 0 Å². The van der Waals surface area contributed by atoms with Crippen molar-refractivity contribution in [3.05, 3.63) is 90.6 Å². The number of carbonyl (C=O) groups excluding carboxylic acids is 1. The quantitative estimate of drug-likeness (QED) is 0.416. The number of rotatable bonds is 8. The van der Waals surface area contributed by atoms with E-state index in [9.17, 15) is 9.59 Å². The number of thiazole rings is 1. The van der Waals surface area contributed by atoms with Gasteiger partial charge in [-0.25, -0.2) is 9.79 Å². The van der Waals surface area contributed by atoms with Crippen molar-refractivity contribution in [3.8, 4) is 11.5 Å². The third-order valence-electron chi connectivity index (χ3n) is 5.78. The summed E-state index contributed by atoms with van der Waals surface area (Å²) in [6, 6.07) is 14.3. The van der Waals surface area contributed by atoms with Gasteiger partial charge < -0.3 is 14.2 Å². The molecular weight excluding hydrogens is 488 g/mol. The minimum Gasteiger partial charge on any atom is -0.497 e. The molecule has 4 rings (SSSR count). The summed E-state index contributed by atoms with van der Waals surface area (Å²) in [5.74, 6) is 1.42. The van der Waals surface area contributed by atoms with Crippen LogP contribution in [-0.2, 0) is 9.53 Å². The predicted molar refractivity (Wildman–Crippen MR) is 145 cm³/mol. The molecule has 7 nitrogen and oxygen atoms in total. The molecule has 2 aromatic carbocycles. The maximum atomic E-state index is 13.7. The van der Waals surface area contributed by atoms with Crippen LogP contribution in [0.25, 0.3) is 6.08 Å². The summed E-state index contributed by atoms with van der Waals surface area (Å²) < 4.78 is 18.7. The Morgan fingerprint density at radius 3 is 2.30 bits per heavy atom. The lowest BCUT2D eigenvalue weighted by Gasteiger charge is -2.25. The van der Waals surface area contributed by atoms with E-state index in [1.165, 1.54) is 11.3 Å². The Bertz CT molecular complexity index is 1480. The fraction of sp³-hybridized carbons (Fsp3) is 0.345. The van der Waals surface area contributed by atoms with Crippen LogP contribution in [0.4, 0.5) is 0 Å². The summed E-state index contributed by atoms with van der Waals surface area (Å²) in [5, 5.41) is 0. The Hall–Kier alpha value is -3.65. The number of carbonyl (C=O) groups is 1. The number of hydrogen-bond acceptors (Lipinski definition) is 7. The molecular formula is C29H32N2O5S. The zero-order valence-corrected chi connectivity index (χ0v) is 22.8. The second kappa shape index (κ2) is 11.2. The van der Waals surface area contributed by atoms with Gasteiger partial charge in [-0.05, 0) is 68.2 Å². The van der Waals surface area contributed by atoms with E-state index in [4.69, 9.17) is 14.2 Å². The number of hydrogen-bond donors (Lipinski definition) is 0. The molecule has 0 spiro atoms. The first-order valence-corrected chi connectivity index (χ1v) is 13.1. The van der Waals surface area contributed by atoms with Gasteiger partial charge in [-0.2, -0.15) is 0 Å². The highest BCUT2D eigenvalue weighted by atomic mass is 32.1. The monoisotopic (exact) mass is 520 g/mol. The van der Waals surface area contributed by atoms with Gasteiger partial charge in [-0.15, -0.1) is 0 Å². The second-order valence-electron chi connectivity index (χ2n) is 9.58. The van der Waals surface area contributed by atoms with Crippen LogP contribution in [0.1, 0.15) is 51.8 Å². The van der Waals surface area contributed by atoms with E-state index < -0.39 is 12.0 Å². The lowest BCUT2D eigenvalue weighted by Crippen LogP contribution is -2.40. The molecule has 1 aromatic heterocycles. The van der Waals surface area contributed by atoms with Crippen molar-refractivity contribution in [2.24, 2.45) is 10.9 Å². The van der Waals surface area contributed by atoms with Gasteiger partial charge in [0.1, 0.15) is 11.5 Å². The van der Waals surface area contributed by atoms with Crippen molar-refractivity contribution >= 4 is 23.4 Å². The molecule has 0 amide bonds. The van der Waals surface area contributed by atoms with Crippen LogP contribution in [0.5, 0.6) is 11.5 Å². The summed E-state index contributed by atoms with van der Waals surface area (Å²) in [6.07, 6.45) is 1.54. The predicted octanol–water partition coefficient (Wildman–Crippen LogP) is 4.23. The number of aromatic nitrogens is 1. The van der Waals surface area contributed by atoms with Crippen molar-refractivity contribution < 1.29 is 19.0 Å². The van der Waals surface area contributed by atoms with Gasteiger partial charge in [0.2, 0.25) is 0 Å². The molecule has 0 unspecified atom stereocenters. The van der Waals surface area contributed by atoms with Crippen LogP contribution in [0.3, 0.4) is 0 Å². The number of esters is 1. The summed E-state index contributed by atoms with van der Waals surface area (Å²) in [7, 11) is 1.59. The highest BCUT2D eigenvalue weighted by molar-refractivity contribution is 7.07. The molecule has 1 aliphatic rings. The first-order chi connectivity index (χ1) is 17.7. The van der Waals surface area contributed by atoms with Crippen LogP contribution in [0, 0.1) is 5.92 Å². The van der Waals surface area contributed by atoms with Gasteiger partial charge in [0.25, 0.3) is 5.56 Å². The third kappa shape index (κ3) is 5.85. The Morgan fingerprint density at radius 1 is 1.05 bits per heavy atom. The van der Waals surface area contributed by atoms with E-state index >= 15 is 0 Å². The molecule has 0 saturated heterocycles. The molecule has 0 fully saturated rings. The van der Waals surface area contributed by atoms with Crippen molar-refractivity contribution in [3.63, 3.8) is 0 Å². The van der Waals surface area contributed by atoms with Gasteiger partial charge in [-0.3, -0.25) is 9.36 Å². The molecule has 0 radical (unpaired) electrons. The van der Waals surface area contributed by atoms with Gasteiger partial charge in [0.15, 0.2) is 4.80 Å². The number of allylic oxidation sites excluding steroid dienone is 1. The van der Waals surface area contributed by atoms with Crippen molar-refractivity contribution in [1.29, 1.82) is 0 Å². The third-order valence-corrected chi connectivity index (χ3v) is 6.76. The number of ether oxygens (including phenoxy) is 3. The topological polar surface area (TPSA) is 79.1 Å². The highest BCUT2D eigenvalue weighted by Crippen LogP contribution is 2.31. The lowest BCUT2D eigenvalue weighted by atomic mass is 9.96. The van der Waals surface area contributed by atoms with E-state index in [-0.39, 0.29) is 11.7 Å². The Balaban J connectivity index is 1.80. The lowest BCUT2D eigenvalue weighted by molar-refractivity contribution is -0.143. The zero-order chi connectivity index (χ0) is 26.7. The van der Waals surface area contributed by atoms with Crippen LogP contribution < -0.4 is 24.4 Å². The fourth-order valence-electron chi connectivity index (χ4n) is 4.04. The van der Waals surface area contributed by atoms with Crippen LogP contribution >= 0.6 is 11.3 Å². The highest BCUT2D eigenvalue weighted by Gasteiger charge is 2.33. The first kappa shape index (κ1) is 26.4. The minimum absolute atomic E-state index is 0.216. The van der Waals surface area contributed by atoms with Crippen LogP contribution in [0.15, 0.2) is 69.6 Å². The van der Waals surface area contributed by atoms with Crippen molar-refractivity contribution in [2.75, 3.05) is 13.7 Å². The molecule has 8 heteroatoms. The Kier molecular flexibility index (Phi) is 7.97. The Morgan fingerprint density at radius 2 is 1.70 bits per heavy atom. The van der Waals surface area contributed by atoms with Crippen LogP contribution in [-0.4, -0.2) is 30.4 Å². The molecule has 3 aromatic rings. The van der Waals surface area contributed by atoms with Gasteiger partial charge in [0.05, 0.1) is 41.7 Å². The molecule has 1 atom stereocenters. The maximum Gasteiger partial charge on any atom is 0.338 e. The number of benzene rings is 2. The summed E-state index contributed by atoms with van der Waals surface area (Å²) in [6.45, 7) is 10.2. The molecule has 2 heterocycles. The molecule has 0 N–H and O–H groups in total. The fourth-order valence-corrected chi connectivity index (χ4v) is 5.08. The number of nitrogens with zero attached hydrogens (tertiary/aromatic N) is 2. The molecule has 0 aliphatic carbocycles.